The van der Waals surface area contributed by atoms with Crippen LogP contribution >= 0.6 is 11.6 Å². The van der Waals surface area contributed by atoms with Crippen molar-refractivity contribution in [3.8, 4) is 0 Å². The predicted molar refractivity (Wildman–Crippen MR) is 129 cm³/mol. The Morgan fingerprint density at radius 2 is 1.94 bits per heavy atom. The molecule has 1 fully saturated rings. The molecule has 4 rings (SSSR count). The molecule has 1 amide bonds. The second-order valence-corrected chi connectivity index (χ2v) is 10.8. The van der Waals surface area contributed by atoms with Gasteiger partial charge in [0, 0.05) is 36.9 Å². The number of rotatable bonds is 6. The summed E-state index contributed by atoms with van der Waals surface area (Å²) >= 11 is 6.01. The number of carbonyl (C=O) groups excluding carboxylic acids is 1. The van der Waals surface area contributed by atoms with Gasteiger partial charge in [-0.3, -0.25) is 13.8 Å². The molecule has 174 valence electrons. The molecule has 1 saturated heterocycles. The van der Waals surface area contributed by atoms with Gasteiger partial charge in [0.1, 0.15) is 0 Å². The molecule has 9 heteroatoms. The highest BCUT2D eigenvalue weighted by atomic mass is 35.5. The Bertz CT molecular complexity index is 1240. The summed E-state index contributed by atoms with van der Waals surface area (Å²) in [6.07, 6.45) is 3.68. The average molecular weight is 487 g/mol. The molecule has 1 atom stereocenters. The number of nitrogens with zero attached hydrogens (tertiary/aromatic N) is 4. The van der Waals surface area contributed by atoms with Gasteiger partial charge in [-0.1, -0.05) is 36.7 Å². The molecule has 1 aliphatic heterocycles. The number of amides is 1. The standard InChI is InChI=1S/C24H27ClN4O3S/c1-18-5-4-13-28(16-18)24(30)20-6-3-7-22(15-20)29(17-19-8-10-21(25)11-9-19)33(31,32)23-12-14-27(2)26-23/h3,6-12,14-15,18H,4-5,13,16-17H2,1-2H3. The third-order valence-electron chi connectivity index (χ3n) is 5.81. The van der Waals surface area contributed by atoms with Crippen LogP contribution in [0.15, 0.2) is 65.8 Å². The van der Waals surface area contributed by atoms with Crippen molar-refractivity contribution in [1.82, 2.24) is 14.7 Å². The van der Waals surface area contributed by atoms with E-state index in [-0.39, 0.29) is 17.5 Å². The van der Waals surface area contributed by atoms with Gasteiger partial charge >= 0.3 is 0 Å². The number of halogens is 1. The van der Waals surface area contributed by atoms with E-state index in [9.17, 15) is 13.2 Å². The van der Waals surface area contributed by atoms with E-state index in [1.54, 1.807) is 61.8 Å². The minimum Gasteiger partial charge on any atom is -0.338 e. The Balaban J connectivity index is 1.71. The maximum absolute atomic E-state index is 13.6. The molecule has 0 bridgehead atoms. The third-order valence-corrected chi connectivity index (χ3v) is 7.73. The third kappa shape index (κ3) is 5.23. The summed E-state index contributed by atoms with van der Waals surface area (Å²) in [6, 6.07) is 15.3. The van der Waals surface area contributed by atoms with Crippen LogP contribution in [0.3, 0.4) is 0 Å². The SMILES string of the molecule is CC1CCCN(C(=O)c2cccc(N(Cc3ccc(Cl)cc3)S(=O)(=O)c3ccn(C)n3)c2)C1. The van der Waals surface area contributed by atoms with Gasteiger partial charge in [0.15, 0.2) is 5.03 Å². The zero-order valence-electron chi connectivity index (χ0n) is 18.7. The lowest BCUT2D eigenvalue weighted by Gasteiger charge is -2.31. The van der Waals surface area contributed by atoms with Gasteiger partial charge in [0.25, 0.3) is 15.9 Å². The van der Waals surface area contributed by atoms with Crippen LogP contribution in [0.5, 0.6) is 0 Å². The molecule has 1 unspecified atom stereocenters. The quantitative estimate of drug-likeness (QED) is 0.519. The Morgan fingerprint density at radius 3 is 2.61 bits per heavy atom. The van der Waals surface area contributed by atoms with Crippen molar-refractivity contribution in [2.24, 2.45) is 13.0 Å². The summed E-state index contributed by atoms with van der Waals surface area (Å²) in [6.45, 7) is 3.65. The number of piperidine rings is 1. The normalized spacial score (nSPS) is 16.6. The Hall–Kier alpha value is -2.84. The fourth-order valence-electron chi connectivity index (χ4n) is 4.07. The van der Waals surface area contributed by atoms with Crippen molar-refractivity contribution in [2.45, 2.75) is 31.3 Å². The van der Waals surface area contributed by atoms with Crippen molar-refractivity contribution in [3.05, 3.63) is 76.9 Å². The molecule has 0 spiro atoms. The van der Waals surface area contributed by atoms with Crippen LogP contribution in [-0.4, -0.2) is 42.1 Å². The van der Waals surface area contributed by atoms with Crippen LogP contribution in [0.2, 0.25) is 5.02 Å². The highest BCUT2D eigenvalue weighted by Crippen LogP contribution is 2.27. The molecule has 1 aromatic heterocycles. The smallest absolute Gasteiger partial charge is 0.283 e. The average Bonchev–Trinajstić information content (AvgIpc) is 3.25. The first-order chi connectivity index (χ1) is 15.7. The Labute approximate surface area is 199 Å². The summed E-state index contributed by atoms with van der Waals surface area (Å²) < 4.78 is 29.9. The van der Waals surface area contributed by atoms with Gasteiger partial charge in [0.05, 0.1) is 12.2 Å². The minimum absolute atomic E-state index is 0.0550. The molecule has 0 N–H and O–H groups in total. The number of aromatic nitrogens is 2. The summed E-state index contributed by atoms with van der Waals surface area (Å²) in [5, 5.41) is 4.63. The number of sulfonamides is 1. The molecular formula is C24H27ClN4O3S. The van der Waals surface area contributed by atoms with Crippen molar-refractivity contribution in [1.29, 1.82) is 0 Å². The van der Waals surface area contributed by atoms with Gasteiger partial charge in [0.2, 0.25) is 0 Å². The van der Waals surface area contributed by atoms with Gasteiger partial charge in [-0.05, 0) is 60.7 Å². The van der Waals surface area contributed by atoms with Crippen LogP contribution < -0.4 is 4.31 Å². The van der Waals surface area contributed by atoms with E-state index in [2.05, 4.69) is 12.0 Å². The van der Waals surface area contributed by atoms with Gasteiger partial charge < -0.3 is 4.90 Å². The second-order valence-electron chi connectivity index (χ2n) is 8.51. The molecule has 0 aliphatic carbocycles. The van der Waals surface area contributed by atoms with E-state index in [0.717, 1.165) is 18.4 Å². The molecule has 0 radical (unpaired) electrons. The Morgan fingerprint density at radius 1 is 1.18 bits per heavy atom. The van der Waals surface area contributed by atoms with E-state index in [4.69, 9.17) is 11.6 Å². The summed E-state index contributed by atoms with van der Waals surface area (Å²) in [7, 11) is -2.31. The fourth-order valence-corrected chi connectivity index (χ4v) is 5.59. The summed E-state index contributed by atoms with van der Waals surface area (Å²) in [5.74, 6) is 0.377. The van der Waals surface area contributed by atoms with Crippen LogP contribution in [0, 0.1) is 5.92 Å². The molecule has 3 aromatic rings. The maximum Gasteiger partial charge on any atom is 0.283 e. The molecule has 2 aromatic carbocycles. The fraction of sp³-hybridized carbons (Fsp3) is 0.333. The van der Waals surface area contributed by atoms with Crippen molar-refractivity contribution >= 4 is 33.2 Å². The molecule has 1 aliphatic rings. The largest absolute Gasteiger partial charge is 0.338 e. The predicted octanol–water partition coefficient (Wildman–Crippen LogP) is 4.34. The molecule has 2 heterocycles. The van der Waals surface area contributed by atoms with Crippen LogP contribution in [-0.2, 0) is 23.6 Å². The lowest BCUT2D eigenvalue weighted by molar-refractivity contribution is 0.0683. The number of hydrogen-bond acceptors (Lipinski definition) is 4. The van der Waals surface area contributed by atoms with Gasteiger partial charge in [-0.15, -0.1) is 0 Å². The molecule has 33 heavy (non-hydrogen) atoms. The monoisotopic (exact) mass is 486 g/mol. The number of benzene rings is 2. The first kappa shape index (κ1) is 23.3. The molecule has 7 nitrogen and oxygen atoms in total. The summed E-state index contributed by atoms with van der Waals surface area (Å²) in [5.41, 5.74) is 1.64. The van der Waals surface area contributed by atoms with Crippen LogP contribution in [0.4, 0.5) is 5.69 Å². The van der Waals surface area contributed by atoms with Crippen molar-refractivity contribution < 1.29 is 13.2 Å². The van der Waals surface area contributed by atoms with Gasteiger partial charge in [-0.2, -0.15) is 13.5 Å². The summed E-state index contributed by atoms with van der Waals surface area (Å²) in [4.78, 5) is 15.0. The second kappa shape index (κ2) is 9.57. The lowest BCUT2D eigenvalue weighted by atomic mass is 9.99. The van der Waals surface area contributed by atoms with Crippen LogP contribution in [0.25, 0.3) is 0 Å². The van der Waals surface area contributed by atoms with E-state index in [1.165, 1.54) is 15.1 Å². The first-order valence-electron chi connectivity index (χ1n) is 10.9. The Kier molecular flexibility index (Phi) is 6.76. The topological polar surface area (TPSA) is 75.5 Å². The van der Waals surface area contributed by atoms with E-state index < -0.39 is 10.0 Å². The highest BCUT2D eigenvalue weighted by molar-refractivity contribution is 7.92. The van der Waals surface area contributed by atoms with Crippen molar-refractivity contribution in [2.75, 3.05) is 17.4 Å². The number of anilines is 1. The minimum atomic E-state index is -3.97. The van der Waals surface area contributed by atoms with Crippen molar-refractivity contribution in [3.63, 3.8) is 0 Å². The number of carbonyl (C=O) groups is 1. The molecule has 0 saturated carbocycles. The first-order valence-corrected chi connectivity index (χ1v) is 12.7. The number of hydrogen-bond donors (Lipinski definition) is 0. The van der Waals surface area contributed by atoms with E-state index in [1.807, 2.05) is 4.90 Å². The lowest BCUT2D eigenvalue weighted by Crippen LogP contribution is -2.39. The van der Waals surface area contributed by atoms with Crippen LogP contribution in [0.1, 0.15) is 35.7 Å². The van der Waals surface area contributed by atoms with E-state index >= 15 is 0 Å². The molecular weight excluding hydrogens is 460 g/mol. The maximum atomic E-state index is 13.6. The zero-order valence-corrected chi connectivity index (χ0v) is 20.3. The zero-order chi connectivity index (χ0) is 23.6. The number of likely N-dealkylation sites (tertiary alicyclic amines) is 1. The number of aryl methyl sites for hydroxylation is 1. The van der Waals surface area contributed by atoms with Gasteiger partial charge in [-0.25, -0.2) is 0 Å². The van der Waals surface area contributed by atoms with E-state index in [0.29, 0.717) is 35.3 Å². The highest BCUT2D eigenvalue weighted by Gasteiger charge is 2.29.